The highest BCUT2D eigenvalue weighted by atomic mass is 16.7. The Balaban J connectivity index is 2.02. The molecule has 0 saturated carbocycles. The lowest BCUT2D eigenvalue weighted by atomic mass is 9.77. The fourth-order valence-corrected chi connectivity index (χ4v) is 2.70. The number of benzene rings is 2. The quantitative estimate of drug-likeness (QED) is 0.810. The minimum atomic E-state index is -0.432. The Hall–Kier alpha value is -1.78. The van der Waals surface area contributed by atoms with Gasteiger partial charge in [-0.2, -0.15) is 0 Å². The first-order valence-electron chi connectivity index (χ1n) is 7.93. The molecule has 3 rings (SSSR count). The highest BCUT2D eigenvalue weighted by molar-refractivity contribution is 6.63. The Morgan fingerprint density at radius 2 is 1.43 bits per heavy atom. The topological polar surface area (TPSA) is 27.7 Å². The van der Waals surface area contributed by atoms with Crippen LogP contribution in [0.1, 0.15) is 27.7 Å². The summed E-state index contributed by atoms with van der Waals surface area (Å²) in [5.41, 5.74) is 2.47. The van der Waals surface area contributed by atoms with Crippen molar-refractivity contribution in [2.45, 2.75) is 38.9 Å². The van der Waals surface area contributed by atoms with E-state index in [9.17, 15) is 0 Å². The Morgan fingerprint density at radius 3 is 2.00 bits per heavy atom. The summed E-state index contributed by atoms with van der Waals surface area (Å²) >= 11 is 0. The summed E-state index contributed by atoms with van der Waals surface area (Å²) in [5, 5.41) is 0. The summed E-state index contributed by atoms with van der Waals surface area (Å²) < 4.78 is 17.9. The molecule has 1 heterocycles. The average Bonchev–Trinajstić information content (AvgIpc) is 2.75. The highest BCUT2D eigenvalue weighted by Gasteiger charge is 2.52. The minimum Gasteiger partial charge on any atom is -0.497 e. The predicted molar refractivity (Wildman–Crippen MR) is 94.1 cm³/mol. The van der Waals surface area contributed by atoms with Gasteiger partial charge in [0.1, 0.15) is 5.75 Å². The molecular weight excluding hydrogens is 287 g/mol. The summed E-state index contributed by atoms with van der Waals surface area (Å²) in [5.74, 6) is 0.781. The lowest BCUT2D eigenvalue weighted by Crippen LogP contribution is -2.41. The van der Waals surface area contributed by atoms with Crippen molar-refractivity contribution in [1.82, 2.24) is 0 Å². The van der Waals surface area contributed by atoms with Crippen LogP contribution in [0.5, 0.6) is 5.75 Å². The van der Waals surface area contributed by atoms with Crippen LogP contribution in [0.25, 0.3) is 11.1 Å². The van der Waals surface area contributed by atoms with Crippen molar-refractivity contribution >= 4 is 12.6 Å². The van der Waals surface area contributed by atoms with E-state index in [-0.39, 0.29) is 11.2 Å². The number of rotatable bonds is 3. The predicted octanol–water partition coefficient (Wildman–Crippen LogP) is 3.66. The third kappa shape index (κ3) is 2.89. The molecule has 1 aliphatic heterocycles. The van der Waals surface area contributed by atoms with E-state index >= 15 is 0 Å². The van der Waals surface area contributed by atoms with E-state index in [2.05, 4.69) is 52.0 Å². The smallest absolute Gasteiger partial charge is 0.497 e. The molecule has 120 valence electrons. The Morgan fingerprint density at radius 1 is 0.826 bits per heavy atom. The number of methoxy groups -OCH3 is 1. The molecule has 0 unspecified atom stereocenters. The van der Waals surface area contributed by atoms with Gasteiger partial charge < -0.3 is 14.0 Å². The van der Waals surface area contributed by atoms with Crippen LogP contribution in [0, 0.1) is 0 Å². The Bertz CT molecular complexity index is 679. The van der Waals surface area contributed by atoms with E-state index in [1.165, 1.54) is 0 Å². The van der Waals surface area contributed by atoms with Crippen LogP contribution in [-0.2, 0) is 9.31 Å². The van der Waals surface area contributed by atoms with Crippen LogP contribution in [0.2, 0.25) is 0 Å². The molecule has 2 aromatic rings. The molecule has 1 saturated heterocycles. The lowest BCUT2D eigenvalue weighted by molar-refractivity contribution is 0.00578. The molecule has 23 heavy (non-hydrogen) atoms. The molecule has 1 fully saturated rings. The van der Waals surface area contributed by atoms with Gasteiger partial charge in [-0.05, 0) is 44.9 Å². The van der Waals surface area contributed by atoms with Crippen molar-refractivity contribution in [2.75, 3.05) is 7.11 Å². The second-order valence-corrected chi connectivity index (χ2v) is 6.91. The van der Waals surface area contributed by atoms with E-state index in [1.54, 1.807) is 7.11 Å². The molecule has 0 N–H and O–H groups in total. The molecule has 4 heteroatoms. The second kappa shape index (κ2) is 5.70. The van der Waals surface area contributed by atoms with Crippen molar-refractivity contribution in [3.05, 3.63) is 48.5 Å². The summed E-state index contributed by atoms with van der Waals surface area (Å²) in [4.78, 5) is 0. The molecular formula is C19H23BO3. The minimum absolute atomic E-state index is 0.370. The van der Waals surface area contributed by atoms with E-state index < -0.39 is 7.12 Å². The van der Waals surface area contributed by atoms with Gasteiger partial charge in [-0.15, -0.1) is 0 Å². The normalized spacial score (nSPS) is 18.9. The van der Waals surface area contributed by atoms with Gasteiger partial charge in [-0.1, -0.05) is 42.5 Å². The second-order valence-electron chi connectivity index (χ2n) is 6.91. The number of ether oxygens (including phenoxy) is 1. The van der Waals surface area contributed by atoms with Gasteiger partial charge >= 0.3 is 7.12 Å². The monoisotopic (exact) mass is 310 g/mol. The Kier molecular flexibility index (Phi) is 3.99. The van der Waals surface area contributed by atoms with Crippen LogP contribution in [0.15, 0.2) is 48.5 Å². The van der Waals surface area contributed by atoms with Gasteiger partial charge in [0.05, 0.1) is 18.3 Å². The molecule has 0 radical (unpaired) electrons. The zero-order valence-corrected chi connectivity index (χ0v) is 14.4. The molecule has 1 aliphatic rings. The molecule has 0 aromatic heterocycles. The maximum absolute atomic E-state index is 6.18. The number of hydrogen-bond donors (Lipinski definition) is 0. The molecule has 0 amide bonds. The van der Waals surface area contributed by atoms with Gasteiger partial charge in [0.15, 0.2) is 0 Å². The van der Waals surface area contributed by atoms with Gasteiger partial charge in [-0.25, -0.2) is 0 Å². The summed E-state index contributed by atoms with van der Waals surface area (Å²) in [6.45, 7) is 8.22. The van der Waals surface area contributed by atoms with Crippen LogP contribution in [-0.4, -0.2) is 25.4 Å². The van der Waals surface area contributed by atoms with Crippen molar-refractivity contribution in [2.24, 2.45) is 0 Å². The third-order valence-corrected chi connectivity index (χ3v) is 4.84. The van der Waals surface area contributed by atoms with Crippen molar-refractivity contribution in [3.8, 4) is 16.9 Å². The maximum atomic E-state index is 6.18. The van der Waals surface area contributed by atoms with Crippen molar-refractivity contribution < 1.29 is 14.0 Å². The molecule has 0 atom stereocenters. The first kappa shape index (κ1) is 16.1. The van der Waals surface area contributed by atoms with Gasteiger partial charge in [0.2, 0.25) is 0 Å². The average molecular weight is 310 g/mol. The first-order chi connectivity index (χ1) is 10.8. The largest absolute Gasteiger partial charge is 0.498 e. The summed E-state index contributed by atoms with van der Waals surface area (Å²) in [6, 6.07) is 16.4. The fraction of sp³-hybridized carbons (Fsp3) is 0.368. The van der Waals surface area contributed by atoms with Crippen LogP contribution >= 0.6 is 0 Å². The molecule has 0 bridgehead atoms. The van der Waals surface area contributed by atoms with E-state index in [0.29, 0.717) is 0 Å². The Labute approximate surface area is 138 Å². The molecule has 2 aromatic carbocycles. The summed E-state index contributed by atoms with van der Waals surface area (Å²) in [7, 11) is 1.24. The van der Waals surface area contributed by atoms with Gasteiger partial charge in [-0.3, -0.25) is 0 Å². The molecule has 0 spiro atoms. The SMILES string of the molecule is COc1ccc(-c2ccccc2)cc1B1OC(C)(C)C(C)(C)O1. The molecule has 3 nitrogen and oxygen atoms in total. The van der Waals surface area contributed by atoms with Crippen LogP contribution < -0.4 is 10.2 Å². The van der Waals surface area contributed by atoms with Crippen LogP contribution in [0.4, 0.5) is 0 Å². The molecule has 0 aliphatic carbocycles. The third-order valence-electron chi connectivity index (χ3n) is 4.84. The standard InChI is InChI=1S/C19H23BO3/c1-18(2)19(3,4)23-20(22-18)16-13-15(11-12-17(16)21-5)14-9-7-6-8-10-14/h6-13H,1-5H3. The zero-order valence-electron chi connectivity index (χ0n) is 14.4. The van der Waals surface area contributed by atoms with Crippen molar-refractivity contribution in [1.29, 1.82) is 0 Å². The van der Waals surface area contributed by atoms with E-state index in [4.69, 9.17) is 14.0 Å². The first-order valence-corrected chi connectivity index (χ1v) is 7.93. The zero-order chi connectivity index (χ0) is 16.7. The maximum Gasteiger partial charge on any atom is 0.498 e. The van der Waals surface area contributed by atoms with Crippen molar-refractivity contribution in [3.63, 3.8) is 0 Å². The lowest BCUT2D eigenvalue weighted by Gasteiger charge is -2.32. The van der Waals surface area contributed by atoms with Gasteiger partial charge in [0.25, 0.3) is 0 Å². The van der Waals surface area contributed by atoms with E-state index in [1.807, 2.05) is 24.3 Å². The number of hydrogen-bond acceptors (Lipinski definition) is 3. The fourth-order valence-electron chi connectivity index (χ4n) is 2.70. The highest BCUT2D eigenvalue weighted by Crippen LogP contribution is 2.37. The summed E-state index contributed by atoms with van der Waals surface area (Å²) in [6.07, 6.45) is 0. The van der Waals surface area contributed by atoms with E-state index in [0.717, 1.165) is 22.3 Å². The van der Waals surface area contributed by atoms with Crippen LogP contribution in [0.3, 0.4) is 0 Å². The van der Waals surface area contributed by atoms with Gasteiger partial charge in [0, 0.05) is 5.46 Å².